The van der Waals surface area contributed by atoms with Gasteiger partial charge in [-0.05, 0) is 18.1 Å². The molecule has 1 N–H and O–H groups in total. The lowest BCUT2D eigenvalue weighted by Gasteiger charge is -2.05. The smallest absolute Gasteiger partial charge is 0.406 e. The lowest BCUT2D eigenvalue weighted by Crippen LogP contribution is -2.25. The fraction of sp³-hybridized carbons (Fsp3) is 0.300. The zero-order valence-corrected chi connectivity index (χ0v) is 8.97. The maximum Gasteiger partial charge on any atom is 0.406 e. The van der Waals surface area contributed by atoms with Gasteiger partial charge in [-0.2, -0.15) is 0 Å². The molecule has 0 saturated carbocycles. The Kier molecular flexibility index (Phi) is 4.37. The van der Waals surface area contributed by atoms with Crippen LogP contribution in [0.3, 0.4) is 0 Å². The predicted molar refractivity (Wildman–Crippen MR) is 55.5 cm³/mol. The fourth-order valence-corrected chi connectivity index (χ4v) is 1.31. The van der Waals surface area contributed by atoms with Gasteiger partial charge in [-0.15, -0.1) is 0 Å². The molecule has 1 aromatic carbocycles. The number of amides is 1. The summed E-state index contributed by atoms with van der Waals surface area (Å²) >= 11 is 5.60. The third kappa shape index (κ3) is 3.40. The number of nitrogens with one attached hydrogen (secondary N) is 1. The summed E-state index contributed by atoms with van der Waals surface area (Å²) in [4.78, 5) is 10.7. The Morgan fingerprint density at radius 2 is 2.33 bits per heavy atom. The normalized spacial score (nSPS) is 9.80. The number of methoxy groups -OCH3 is 1. The monoisotopic (exact) mass is 231 g/mol. The van der Waals surface area contributed by atoms with Crippen molar-refractivity contribution in [2.75, 3.05) is 13.7 Å². The van der Waals surface area contributed by atoms with Crippen molar-refractivity contribution >= 4 is 17.7 Å². The van der Waals surface area contributed by atoms with Gasteiger partial charge in [-0.3, -0.25) is 0 Å². The number of ether oxygens (including phenoxy) is 1. The van der Waals surface area contributed by atoms with Gasteiger partial charge < -0.3 is 10.1 Å². The molecule has 0 aromatic heterocycles. The number of carbonyl (C=O) groups is 1. The van der Waals surface area contributed by atoms with Crippen LogP contribution in [0.25, 0.3) is 0 Å². The summed E-state index contributed by atoms with van der Waals surface area (Å²) in [6.45, 7) is 0.309. The van der Waals surface area contributed by atoms with Crippen LogP contribution >= 0.6 is 11.6 Å². The number of carbonyl (C=O) groups excluding carboxylic acids is 1. The van der Waals surface area contributed by atoms with Gasteiger partial charge in [-0.1, -0.05) is 23.7 Å². The van der Waals surface area contributed by atoms with Crippen molar-refractivity contribution in [2.24, 2.45) is 0 Å². The van der Waals surface area contributed by atoms with Crippen LogP contribution < -0.4 is 5.32 Å². The Morgan fingerprint density at radius 1 is 1.60 bits per heavy atom. The highest BCUT2D eigenvalue weighted by atomic mass is 35.5. The van der Waals surface area contributed by atoms with Crippen LogP contribution in [-0.4, -0.2) is 19.7 Å². The summed E-state index contributed by atoms with van der Waals surface area (Å²) in [6.07, 6.45) is -0.154. The number of halogens is 2. The van der Waals surface area contributed by atoms with Crippen molar-refractivity contribution in [2.45, 2.75) is 6.42 Å². The number of alkyl carbamates (subject to hydrolysis) is 1. The van der Waals surface area contributed by atoms with Crippen LogP contribution in [-0.2, 0) is 11.2 Å². The van der Waals surface area contributed by atoms with E-state index < -0.39 is 11.9 Å². The molecule has 0 aliphatic rings. The van der Waals surface area contributed by atoms with E-state index in [4.69, 9.17) is 11.6 Å². The first-order chi connectivity index (χ1) is 7.15. The van der Waals surface area contributed by atoms with Crippen molar-refractivity contribution in [3.8, 4) is 0 Å². The van der Waals surface area contributed by atoms with Crippen LogP contribution in [0, 0.1) is 5.82 Å². The summed E-state index contributed by atoms with van der Waals surface area (Å²) in [5, 5.41) is 2.55. The minimum absolute atomic E-state index is 0.0885. The minimum Gasteiger partial charge on any atom is -0.453 e. The quantitative estimate of drug-likeness (QED) is 0.868. The molecule has 0 bridgehead atoms. The fourth-order valence-electron chi connectivity index (χ4n) is 1.11. The molecule has 1 amide bonds. The summed E-state index contributed by atoms with van der Waals surface area (Å²) in [5.41, 5.74) is 0.471. The number of benzene rings is 1. The molecule has 1 aromatic rings. The van der Waals surface area contributed by atoms with Crippen LogP contribution in [0.1, 0.15) is 5.56 Å². The molecule has 0 atom stereocenters. The molecule has 0 aliphatic carbocycles. The van der Waals surface area contributed by atoms with E-state index in [0.29, 0.717) is 18.5 Å². The van der Waals surface area contributed by atoms with E-state index in [1.807, 2.05) is 0 Å². The summed E-state index contributed by atoms with van der Waals surface area (Å²) in [7, 11) is 1.27. The highest BCUT2D eigenvalue weighted by Crippen LogP contribution is 2.17. The average Bonchev–Trinajstić information content (AvgIpc) is 2.24. The number of rotatable bonds is 3. The van der Waals surface area contributed by atoms with Gasteiger partial charge in [0.25, 0.3) is 0 Å². The van der Waals surface area contributed by atoms with E-state index >= 15 is 0 Å². The highest BCUT2D eigenvalue weighted by Gasteiger charge is 2.06. The molecule has 3 nitrogen and oxygen atoms in total. The van der Waals surface area contributed by atoms with Crippen LogP contribution in [0.5, 0.6) is 0 Å². The standard InChI is InChI=1S/C10H11ClFNO2/c1-15-10(14)13-6-5-7-3-2-4-8(11)9(7)12/h2-4H,5-6H2,1H3,(H,13,14). The van der Waals surface area contributed by atoms with Gasteiger partial charge in [0, 0.05) is 6.54 Å². The molecule has 0 unspecified atom stereocenters. The maximum atomic E-state index is 13.3. The second-order valence-electron chi connectivity index (χ2n) is 2.88. The molecule has 5 heteroatoms. The van der Waals surface area contributed by atoms with E-state index in [2.05, 4.69) is 10.1 Å². The summed E-state index contributed by atoms with van der Waals surface area (Å²) < 4.78 is 17.7. The lowest BCUT2D eigenvalue weighted by atomic mass is 10.1. The van der Waals surface area contributed by atoms with E-state index in [1.54, 1.807) is 12.1 Å². The third-order valence-electron chi connectivity index (χ3n) is 1.88. The molecule has 82 valence electrons. The molecule has 0 fully saturated rings. The van der Waals surface area contributed by atoms with Crippen molar-refractivity contribution in [1.82, 2.24) is 5.32 Å². The molecule has 15 heavy (non-hydrogen) atoms. The van der Waals surface area contributed by atoms with Crippen LogP contribution in [0.2, 0.25) is 5.02 Å². The van der Waals surface area contributed by atoms with Gasteiger partial charge in [-0.25, -0.2) is 9.18 Å². The highest BCUT2D eigenvalue weighted by molar-refractivity contribution is 6.30. The molecule has 0 radical (unpaired) electrons. The first-order valence-electron chi connectivity index (χ1n) is 4.40. The van der Waals surface area contributed by atoms with E-state index in [0.717, 1.165) is 0 Å². The maximum absolute atomic E-state index is 13.3. The summed E-state index contributed by atoms with van der Waals surface area (Å²) in [5.74, 6) is -0.439. The number of hydrogen-bond donors (Lipinski definition) is 1. The molecule has 0 spiro atoms. The Morgan fingerprint density at radius 3 is 3.00 bits per heavy atom. The Bertz CT molecular complexity index is 357. The Balaban J connectivity index is 2.51. The lowest BCUT2D eigenvalue weighted by molar-refractivity contribution is 0.171. The minimum atomic E-state index is -0.530. The Hall–Kier alpha value is -1.29. The van der Waals surface area contributed by atoms with Gasteiger partial charge in [0.05, 0.1) is 12.1 Å². The molecular weight excluding hydrogens is 221 g/mol. The van der Waals surface area contributed by atoms with E-state index in [9.17, 15) is 9.18 Å². The summed E-state index contributed by atoms with van der Waals surface area (Å²) in [6, 6.07) is 4.77. The predicted octanol–water partition coefficient (Wildman–Crippen LogP) is 2.38. The van der Waals surface area contributed by atoms with E-state index in [1.165, 1.54) is 13.2 Å². The first-order valence-corrected chi connectivity index (χ1v) is 4.77. The number of hydrogen-bond acceptors (Lipinski definition) is 2. The topological polar surface area (TPSA) is 38.3 Å². The van der Waals surface area contributed by atoms with Crippen molar-refractivity contribution in [3.63, 3.8) is 0 Å². The zero-order valence-electron chi connectivity index (χ0n) is 8.22. The second kappa shape index (κ2) is 5.56. The van der Waals surface area contributed by atoms with Gasteiger partial charge in [0.1, 0.15) is 5.82 Å². The van der Waals surface area contributed by atoms with Crippen molar-refractivity contribution in [1.29, 1.82) is 0 Å². The van der Waals surface area contributed by atoms with Gasteiger partial charge in [0.15, 0.2) is 0 Å². The van der Waals surface area contributed by atoms with Crippen LogP contribution in [0.4, 0.5) is 9.18 Å². The van der Waals surface area contributed by atoms with Crippen molar-refractivity contribution in [3.05, 3.63) is 34.6 Å². The molecule has 1 rings (SSSR count). The van der Waals surface area contributed by atoms with Crippen LogP contribution in [0.15, 0.2) is 18.2 Å². The molecule has 0 heterocycles. The van der Waals surface area contributed by atoms with Crippen molar-refractivity contribution < 1.29 is 13.9 Å². The second-order valence-corrected chi connectivity index (χ2v) is 3.29. The van der Waals surface area contributed by atoms with Gasteiger partial charge >= 0.3 is 6.09 Å². The zero-order chi connectivity index (χ0) is 11.3. The first kappa shape index (κ1) is 11.8. The molecule has 0 saturated heterocycles. The molecule has 0 aliphatic heterocycles. The van der Waals surface area contributed by atoms with Gasteiger partial charge in [0.2, 0.25) is 0 Å². The Labute approximate surface area is 92.2 Å². The van der Waals surface area contributed by atoms with E-state index in [-0.39, 0.29) is 5.02 Å². The SMILES string of the molecule is COC(=O)NCCc1cccc(Cl)c1F. The molecular formula is C10H11ClFNO2. The largest absolute Gasteiger partial charge is 0.453 e. The average molecular weight is 232 g/mol. The third-order valence-corrected chi connectivity index (χ3v) is 2.17.